The van der Waals surface area contributed by atoms with Gasteiger partial charge in [0.2, 0.25) is 21.8 Å². The van der Waals surface area contributed by atoms with E-state index < -0.39 is 16.1 Å². The second-order valence-corrected chi connectivity index (χ2v) is 10.5. The minimum atomic E-state index is -3.94. The number of nitrogens with zero attached hydrogens (tertiary/aromatic N) is 1. The van der Waals surface area contributed by atoms with Gasteiger partial charge in [-0.15, -0.1) is 0 Å². The Morgan fingerprint density at radius 1 is 1.15 bits per heavy atom. The van der Waals surface area contributed by atoms with Crippen molar-refractivity contribution in [3.63, 3.8) is 0 Å². The molecule has 0 saturated carbocycles. The Balaban J connectivity index is 1.74. The fourth-order valence-corrected chi connectivity index (χ4v) is 5.28. The highest BCUT2D eigenvalue weighted by Gasteiger charge is 2.29. The first-order chi connectivity index (χ1) is 16.1. The topological polar surface area (TPSA) is 105 Å². The van der Waals surface area contributed by atoms with Crippen LogP contribution >= 0.6 is 0 Å². The van der Waals surface area contributed by atoms with Gasteiger partial charge in [0.05, 0.1) is 12.0 Å². The van der Waals surface area contributed by atoms with Crippen molar-refractivity contribution < 1.29 is 22.7 Å². The number of carbonyl (C=O) groups excluding carboxylic acids is 2. The molecule has 0 unspecified atom stereocenters. The van der Waals surface area contributed by atoms with Crippen LogP contribution in [0.5, 0.6) is 5.75 Å². The first-order valence-electron chi connectivity index (χ1n) is 11.5. The summed E-state index contributed by atoms with van der Waals surface area (Å²) in [7, 11) is -2.37. The molecule has 1 aliphatic heterocycles. The molecule has 3 rings (SSSR count). The highest BCUT2D eigenvalue weighted by atomic mass is 32.2. The molecule has 0 bridgehead atoms. The Bertz CT molecular complexity index is 1150. The van der Waals surface area contributed by atoms with Gasteiger partial charge in [0, 0.05) is 25.2 Å². The molecule has 184 valence electrons. The summed E-state index contributed by atoms with van der Waals surface area (Å²) in [6.45, 7) is 6.47. The van der Waals surface area contributed by atoms with Crippen molar-refractivity contribution in [1.82, 2.24) is 10.0 Å². The fourth-order valence-electron chi connectivity index (χ4n) is 4.03. The molecule has 2 aromatic rings. The number of carbonyl (C=O) groups is 2. The lowest BCUT2D eigenvalue weighted by Gasteiger charge is -2.21. The van der Waals surface area contributed by atoms with E-state index in [1.807, 2.05) is 38.1 Å². The van der Waals surface area contributed by atoms with Gasteiger partial charge >= 0.3 is 0 Å². The van der Waals surface area contributed by atoms with Crippen LogP contribution in [-0.4, -0.2) is 39.9 Å². The molecular weight excluding hydrogens is 454 g/mol. The third-order valence-corrected chi connectivity index (χ3v) is 7.25. The number of anilines is 1. The number of amides is 2. The number of hydrogen-bond donors (Lipinski definition) is 2. The number of rotatable bonds is 10. The minimum absolute atomic E-state index is 0.0113. The van der Waals surface area contributed by atoms with Crippen molar-refractivity contribution in [3.8, 4) is 5.75 Å². The number of methoxy groups -OCH3 is 1. The van der Waals surface area contributed by atoms with Gasteiger partial charge in [-0.3, -0.25) is 9.59 Å². The zero-order chi connectivity index (χ0) is 24.9. The summed E-state index contributed by atoms with van der Waals surface area (Å²) >= 11 is 0. The van der Waals surface area contributed by atoms with Gasteiger partial charge in [-0.1, -0.05) is 32.9 Å². The van der Waals surface area contributed by atoms with E-state index in [1.165, 1.54) is 6.07 Å². The SMILES string of the molecule is CCC(=O)N1CCc2cc(S(=O)(=O)N[C@@H](CC(C)C)C(=O)NCc3cccc(OC)c3)ccc21. The number of sulfonamides is 1. The second-order valence-electron chi connectivity index (χ2n) is 8.81. The lowest BCUT2D eigenvalue weighted by Crippen LogP contribution is -2.47. The van der Waals surface area contributed by atoms with Crippen molar-refractivity contribution in [2.75, 3.05) is 18.6 Å². The molecule has 0 aromatic heterocycles. The van der Waals surface area contributed by atoms with E-state index in [1.54, 1.807) is 31.1 Å². The third-order valence-electron chi connectivity index (χ3n) is 5.78. The highest BCUT2D eigenvalue weighted by molar-refractivity contribution is 7.89. The second kappa shape index (κ2) is 11.0. The van der Waals surface area contributed by atoms with Gasteiger partial charge in [-0.2, -0.15) is 4.72 Å². The molecule has 0 aliphatic carbocycles. The molecule has 1 heterocycles. The summed E-state index contributed by atoms with van der Waals surface area (Å²) in [6, 6.07) is 11.2. The van der Waals surface area contributed by atoms with Gasteiger partial charge < -0.3 is 15.0 Å². The van der Waals surface area contributed by atoms with Crippen LogP contribution in [-0.2, 0) is 32.6 Å². The Hall–Kier alpha value is -2.91. The summed E-state index contributed by atoms with van der Waals surface area (Å²) in [5.74, 6) is 0.407. The van der Waals surface area contributed by atoms with Crippen molar-refractivity contribution in [1.29, 1.82) is 0 Å². The van der Waals surface area contributed by atoms with E-state index >= 15 is 0 Å². The van der Waals surface area contributed by atoms with E-state index in [-0.39, 0.29) is 29.2 Å². The fraction of sp³-hybridized carbons (Fsp3) is 0.440. The Labute approximate surface area is 201 Å². The maximum absolute atomic E-state index is 13.2. The maximum Gasteiger partial charge on any atom is 0.241 e. The Morgan fingerprint density at radius 3 is 2.59 bits per heavy atom. The molecular formula is C25H33N3O5S. The van der Waals surface area contributed by atoms with Crippen molar-refractivity contribution in [2.24, 2.45) is 5.92 Å². The summed E-state index contributed by atoms with van der Waals surface area (Å²) in [4.78, 5) is 26.8. The van der Waals surface area contributed by atoms with Gasteiger partial charge in [0.25, 0.3) is 0 Å². The van der Waals surface area contributed by atoms with Crippen molar-refractivity contribution >= 4 is 27.5 Å². The van der Waals surface area contributed by atoms with E-state index in [9.17, 15) is 18.0 Å². The van der Waals surface area contributed by atoms with Gasteiger partial charge in [0.15, 0.2) is 0 Å². The standard InChI is InChI=1S/C25H33N3O5S/c1-5-24(29)28-12-11-19-15-21(9-10-23(19)28)34(31,32)27-22(13-17(2)3)25(30)26-16-18-7-6-8-20(14-18)33-4/h6-10,14-15,17,22,27H,5,11-13,16H2,1-4H3,(H,26,30)/t22-/m0/s1. The van der Waals surface area contributed by atoms with Crippen LogP contribution in [0, 0.1) is 5.92 Å². The summed E-state index contributed by atoms with van der Waals surface area (Å²) in [5.41, 5.74) is 2.41. The number of hydrogen-bond acceptors (Lipinski definition) is 5. The van der Waals surface area contributed by atoms with Crippen LogP contribution in [0.25, 0.3) is 0 Å². The number of nitrogens with one attached hydrogen (secondary N) is 2. The quantitative estimate of drug-likeness (QED) is 0.536. The van der Waals surface area contributed by atoms with E-state index in [0.29, 0.717) is 31.6 Å². The van der Waals surface area contributed by atoms with E-state index in [4.69, 9.17) is 4.74 Å². The minimum Gasteiger partial charge on any atom is -0.497 e. The van der Waals surface area contributed by atoms with Gasteiger partial charge in [0.1, 0.15) is 11.8 Å². The molecule has 2 aromatic carbocycles. The van der Waals surface area contributed by atoms with E-state index in [0.717, 1.165) is 16.8 Å². The van der Waals surface area contributed by atoms with Crippen molar-refractivity contribution in [3.05, 3.63) is 53.6 Å². The predicted molar refractivity (Wildman–Crippen MR) is 131 cm³/mol. The monoisotopic (exact) mass is 487 g/mol. The average Bonchev–Trinajstić information content (AvgIpc) is 3.24. The Kier molecular flexibility index (Phi) is 8.33. The van der Waals surface area contributed by atoms with Gasteiger partial charge in [-0.05, 0) is 60.2 Å². The molecule has 34 heavy (non-hydrogen) atoms. The smallest absolute Gasteiger partial charge is 0.241 e. The summed E-state index contributed by atoms with van der Waals surface area (Å²) in [6.07, 6.45) is 1.34. The molecule has 2 N–H and O–H groups in total. The number of ether oxygens (including phenoxy) is 1. The zero-order valence-corrected chi connectivity index (χ0v) is 20.9. The average molecular weight is 488 g/mol. The summed E-state index contributed by atoms with van der Waals surface area (Å²) in [5, 5.41) is 2.83. The van der Waals surface area contributed by atoms with E-state index in [2.05, 4.69) is 10.0 Å². The molecule has 0 fully saturated rings. The van der Waals surface area contributed by atoms with Crippen LogP contribution in [0.15, 0.2) is 47.4 Å². The lowest BCUT2D eigenvalue weighted by molar-refractivity contribution is -0.123. The van der Waals surface area contributed by atoms with Crippen LogP contribution in [0.1, 0.15) is 44.7 Å². The first-order valence-corrected chi connectivity index (χ1v) is 13.0. The largest absolute Gasteiger partial charge is 0.497 e. The predicted octanol–water partition coefficient (Wildman–Crippen LogP) is 3.00. The molecule has 9 heteroatoms. The maximum atomic E-state index is 13.2. The molecule has 1 aliphatic rings. The number of benzene rings is 2. The third kappa shape index (κ3) is 6.15. The molecule has 1 atom stereocenters. The van der Waals surface area contributed by atoms with Crippen molar-refractivity contribution in [2.45, 2.75) is 57.5 Å². The van der Waals surface area contributed by atoms with Gasteiger partial charge in [-0.25, -0.2) is 8.42 Å². The normalized spacial score (nSPS) is 14.1. The summed E-state index contributed by atoms with van der Waals surface area (Å²) < 4.78 is 34.1. The molecule has 0 radical (unpaired) electrons. The first kappa shape index (κ1) is 25.7. The lowest BCUT2D eigenvalue weighted by atomic mass is 10.0. The van der Waals surface area contributed by atoms with Crippen LogP contribution in [0.3, 0.4) is 0 Å². The highest BCUT2D eigenvalue weighted by Crippen LogP contribution is 2.30. The molecule has 8 nitrogen and oxygen atoms in total. The number of fused-ring (bicyclic) bond motifs is 1. The van der Waals surface area contributed by atoms with Crippen LogP contribution < -0.4 is 19.7 Å². The Morgan fingerprint density at radius 2 is 1.91 bits per heavy atom. The van der Waals surface area contributed by atoms with Crippen LogP contribution in [0.4, 0.5) is 5.69 Å². The molecule has 0 saturated heterocycles. The molecule has 2 amide bonds. The zero-order valence-electron chi connectivity index (χ0n) is 20.1. The molecule has 0 spiro atoms. The van der Waals surface area contributed by atoms with Crippen LogP contribution in [0.2, 0.25) is 0 Å².